The number of nitrogens with zero attached hydrogens (tertiary/aromatic N) is 2. The summed E-state index contributed by atoms with van der Waals surface area (Å²) in [6, 6.07) is 15.2. The fourth-order valence-corrected chi connectivity index (χ4v) is 3.42. The molecule has 0 fully saturated rings. The highest BCUT2D eigenvalue weighted by Gasteiger charge is 2.28. The summed E-state index contributed by atoms with van der Waals surface area (Å²) in [7, 11) is 0.649. The Morgan fingerprint density at radius 2 is 0.923 bits per heavy atom. The van der Waals surface area contributed by atoms with Crippen molar-refractivity contribution in [2.45, 2.75) is 0 Å². The van der Waals surface area contributed by atoms with Crippen LogP contribution in [0.1, 0.15) is 0 Å². The topological polar surface area (TPSA) is 115 Å². The average molecular weight is 392 g/mol. The normalized spacial score (nSPS) is 10.0. The Balaban J connectivity index is 2.10. The predicted octanol–water partition coefficient (Wildman–Crippen LogP) is 4.98. The minimum absolute atomic E-state index is 0.115. The van der Waals surface area contributed by atoms with Gasteiger partial charge in [0, 0.05) is 21.6 Å². The number of imide groups is 2. The number of benzene rings is 2. The number of anilines is 2. The van der Waals surface area contributed by atoms with Crippen LogP contribution in [-0.4, -0.2) is 32.9 Å². The Bertz CT molecular complexity index is 747. The molecule has 26 heavy (non-hydrogen) atoms. The van der Waals surface area contributed by atoms with Crippen LogP contribution in [0, 0.1) is 0 Å². The third-order valence-electron chi connectivity index (χ3n) is 2.96. The van der Waals surface area contributed by atoms with Crippen LogP contribution in [0.25, 0.3) is 0 Å². The van der Waals surface area contributed by atoms with Crippen molar-refractivity contribution < 1.29 is 29.4 Å². The molecule has 10 heteroatoms. The maximum absolute atomic E-state index is 12.2. The molecule has 0 unspecified atom stereocenters. The van der Waals surface area contributed by atoms with Crippen molar-refractivity contribution in [2.75, 3.05) is 9.80 Å². The second-order valence-electron chi connectivity index (χ2n) is 4.61. The van der Waals surface area contributed by atoms with Gasteiger partial charge in [-0.1, -0.05) is 36.4 Å². The molecule has 0 aliphatic rings. The molecule has 0 aromatic heterocycles. The molecule has 2 aromatic rings. The van der Waals surface area contributed by atoms with E-state index in [1.54, 1.807) is 36.4 Å². The van der Waals surface area contributed by atoms with Crippen LogP contribution in [0.5, 0.6) is 0 Å². The van der Waals surface area contributed by atoms with E-state index in [1.807, 2.05) is 0 Å². The number of carbonyl (C=O) groups excluding carboxylic acids is 2. The summed E-state index contributed by atoms with van der Waals surface area (Å²) < 4.78 is 0. The van der Waals surface area contributed by atoms with Crippen LogP contribution in [0.2, 0.25) is 0 Å². The van der Waals surface area contributed by atoms with Crippen molar-refractivity contribution in [1.82, 2.24) is 0 Å². The van der Waals surface area contributed by atoms with Gasteiger partial charge < -0.3 is 10.2 Å². The van der Waals surface area contributed by atoms with Gasteiger partial charge in [0.1, 0.15) is 0 Å². The van der Waals surface area contributed by atoms with Crippen molar-refractivity contribution in [2.24, 2.45) is 0 Å². The van der Waals surface area contributed by atoms with E-state index in [0.717, 1.165) is 0 Å². The Labute approximate surface area is 155 Å². The van der Waals surface area contributed by atoms with Crippen LogP contribution in [0.15, 0.2) is 60.7 Å². The fraction of sp³-hybridized carbons (Fsp3) is 0. The lowest BCUT2D eigenvalue weighted by Gasteiger charge is -2.18. The van der Waals surface area contributed by atoms with Gasteiger partial charge in [-0.2, -0.15) is 0 Å². The van der Waals surface area contributed by atoms with Gasteiger partial charge in [-0.3, -0.25) is 9.59 Å². The number of carboxylic acid groups (broad SMARTS) is 2. The predicted molar refractivity (Wildman–Crippen MR) is 99.9 cm³/mol. The number of rotatable bonds is 2. The largest absolute Gasteiger partial charge is 0.464 e. The third-order valence-corrected chi connectivity index (χ3v) is 4.80. The van der Waals surface area contributed by atoms with E-state index in [1.165, 1.54) is 24.3 Å². The second kappa shape index (κ2) is 8.92. The number of amides is 4. The van der Waals surface area contributed by atoms with Crippen molar-refractivity contribution >= 4 is 55.6 Å². The highest BCUT2D eigenvalue weighted by molar-refractivity contribution is 8.87. The number of hydrogen-bond acceptors (Lipinski definition) is 6. The maximum atomic E-state index is 12.2. The molecule has 4 amide bonds. The lowest BCUT2D eigenvalue weighted by Crippen LogP contribution is -2.34. The number of hydrogen-bond donors (Lipinski definition) is 2. The summed E-state index contributed by atoms with van der Waals surface area (Å²) in [5, 5.41) is 16.6. The zero-order valence-electron chi connectivity index (χ0n) is 13.0. The monoisotopic (exact) mass is 392 g/mol. The molecule has 0 bridgehead atoms. The fourth-order valence-electron chi connectivity index (χ4n) is 1.89. The summed E-state index contributed by atoms with van der Waals surface area (Å²) in [5.74, 6) is 0. The molecule has 0 heterocycles. The van der Waals surface area contributed by atoms with Crippen molar-refractivity contribution in [3.8, 4) is 0 Å². The van der Waals surface area contributed by atoms with E-state index in [9.17, 15) is 29.4 Å². The molecular formula is C16H12N2O6S2. The number of carbonyl (C=O) groups is 4. The summed E-state index contributed by atoms with van der Waals surface area (Å²) in [4.78, 5) is 48.0. The molecule has 2 rings (SSSR count). The highest BCUT2D eigenvalue weighted by Crippen LogP contribution is 2.32. The Hall–Kier alpha value is -2.98. The zero-order valence-corrected chi connectivity index (χ0v) is 14.6. The summed E-state index contributed by atoms with van der Waals surface area (Å²) in [6.45, 7) is 0. The van der Waals surface area contributed by atoms with Gasteiger partial charge in [0.25, 0.3) is 0 Å². The van der Waals surface area contributed by atoms with Gasteiger partial charge >= 0.3 is 22.7 Å². The first-order valence-electron chi connectivity index (χ1n) is 7.00. The minimum atomic E-state index is -1.51. The molecule has 0 aliphatic carbocycles. The van der Waals surface area contributed by atoms with E-state index >= 15 is 0 Å². The van der Waals surface area contributed by atoms with Crippen LogP contribution < -0.4 is 9.80 Å². The Morgan fingerprint density at radius 3 is 1.19 bits per heavy atom. The minimum Gasteiger partial charge on any atom is -0.464 e. The quantitative estimate of drug-likeness (QED) is 0.688. The smallest absolute Gasteiger partial charge is 0.419 e. The van der Waals surface area contributed by atoms with Gasteiger partial charge in [0.15, 0.2) is 0 Å². The first kappa shape index (κ1) is 19.3. The zero-order chi connectivity index (χ0) is 19.1. The molecule has 0 saturated heterocycles. The third kappa shape index (κ3) is 4.77. The SMILES string of the molecule is O=C(O)N(C(=O)SSC(=O)N(C(=O)O)c1ccccc1)c1ccccc1. The lowest BCUT2D eigenvalue weighted by molar-refractivity contribution is 0.200. The van der Waals surface area contributed by atoms with Crippen LogP contribution in [0.3, 0.4) is 0 Å². The maximum Gasteiger partial charge on any atom is 0.419 e. The highest BCUT2D eigenvalue weighted by atomic mass is 33.1. The molecule has 2 aromatic carbocycles. The van der Waals surface area contributed by atoms with Crippen LogP contribution >= 0.6 is 21.6 Å². The molecule has 0 radical (unpaired) electrons. The van der Waals surface area contributed by atoms with Crippen molar-refractivity contribution in [3.05, 3.63) is 60.7 Å². The summed E-state index contributed by atoms with van der Waals surface area (Å²) >= 11 is 0. The first-order valence-corrected chi connectivity index (χ1v) is 9.15. The van der Waals surface area contributed by atoms with E-state index in [2.05, 4.69) is 0 Å². The van der Waals surface area contributed by atoms with E-state index < -0.39 is 22.7 Å². The van der Waals surface area contributed by atoms with E-state index in [0.29, 0.717) is 31.4 Å². The molecule has 0 spiro atoms. The Morgan fingerprint density at radius 1 is 0.615 bits per heavy atom. The molecular weight excluding hydrogens is 380 g/mol. The van der Waals surface area contributed by atoms with Crippen molar-refractivity contribution in [3.63, 3.8) is 0 Å². The number of para-hydroxylation sites is 2. The first-order chi connectivity index (χ1) is 12.4. The van der Waals surface area contributed by atoms with Gasteiger partial charge in [0.05, 0.1) is 11.4 Å². The lowest BCUT2D eigenvalue weighted by atomic mass is 10.3. The van der Waals surface area contributed by atoms with E-state index in [4.69, 9.17) is 0 Å². The molecule has 0 atom stereocenters. The van der Waals surface area contributed by atoms with Gasteiger partial charge in [-0.05, 0) is 24.3 Å². The van der Waals surface area contributed by atoms with Gasteiger partial charge in [0.2, 0.25) is 0 Å². The Kier molecular flexibility index (Phi) is 6.64. The average Bonchev–Trinajstić information content (AvgIpc) is 2.61. The van der Waals surface area contributed by atoms with Crippen LogP contribution in [-0.2, 0) is 0 Å². The molecule has 2 N–H and O–H groups in total. The van der Waals surface area contributed by atoms with Crippen LogP contribution in [0.4, 0.5) is 30.6 Å². The molecule has 8 nitrogen and oxygen atoms in total. The standard InChI is InChI=1S/C16H12N2O6S2/c19-13(20)17(11-7-3-1-4-8-11)15(23)25-26-16(24)18(14(21)22)12-9-5-2-6-10-12/h1-10H,(H,19,20)(H,21,22). The van der Waals surface area contributed by atoms with Gasteiger partial charge in [-0.15, -0.1) is 0 Å². The van der Waals surface area contributed by atoms with Crippen molar-refractivity contribution in [1.29, 1.82) is 0 Å². The summed E-state index contributed by atoms with van der Waals surface area (Å²) in [5.41, 5.74) is 0.229. The molecule has 0 saturated carbocycles. The second-order valence-corrected chi connectivity index (χ2v) is 6.64. The molecule has 0 aliphatic heterocycles. The molecule has 134 valence electrons. The van der Waals surface area contributed by atoms with E-state index in [-0.39, 0.29) is 11.4 Å². The summed E-state index contributed by atoms with van der Waals surface area (Å²) in [6.07, 6.45) is -3.03. The van der Waals surface area contributed by atoms with Gasteiger partial charge in [-0.25, -0.2) is 19.4 Å².